The Bertz CT molecular complexity index is 740. The van der Waals surface area contributed by atoms with Crippen LogP contribution >= 0.6 is 0 Å². The minimum Gasteiger partial charge on any atom is -0.467 e. The van der Waals surface area contributed by atoms with Gasteiger partial charge in [-0.2, -0.15) is 0 Å². The number of nitrogens with zero attached hydrogens (tertiary/aromatic N) is 1. The van der Waals surface area contributed by atoms with E-state index in [-0.39, 0.29) is 5.91 Å². The van der Waals surface area contributed by atoms with E-state index < -0.39 is 24.0 Å². The van der Waals surface area contributed by atoms with Crippen molar-refractivity contribution < 1.29 is 18.8 Å². The Labute approximate surface area is 126 Å². The van der Waals surface area contributed by atoms with Crippen LogP contribution in [0.4, 0.5) is 5.69 Å². The van der Waals surface area contributed by atoms with Gasteiger partial charge in [-0.15, -0.1) is 0 Å². The summed E-state index contributed by atoms with van der Waals surface area (Å²) in [6, 6.07) is 10.7. The Kier molecular flexibility index (Phi) is 2.80. The van der Waals surface area contributed by atoms with Gasteiger partial charge in [0.25, 0.3) is 5.91 Å². The van der Waals surface area contributed by atoms with Crippen molar-refractivity contribution in [3.63, 3.8) is 0 Å². The van der Waals surface area contributed by atoms with Crippen LogP contribution < -0.4 is 10.4 Å². The van der Waals surface area contributed by atoms with Gasteiger partial charge in [-0.05, 0) is 30.7 Å². The molecule has 6 nitrogen and oxygen atoms in total. The SMILES string of the molecule is Cc1ccccc1N1OC2C(=O)NC(=O)C2C1c1ccco1. The zero-order valence-corrected chi connectivity index (χ0v) is 11.9. The number of hydrogen-bond donors (Lipinski definition) is 1. The highest BCUT2D eigenvalue weighted by atomic mass is 16.7. The number of amides is 2. The van der Waals surface area contributed by atoms with E-state index in [1.54, 1.807) is 23.5 Å². The molecule has 1 N–H and O–H groups in total. The van der Waals surface area contributed by atoms with Gasteiger partial charge < -0.3 is 4.42 Å². The van der Waals surface area contributed by atoms with Crippen molar-refractivity contribution >= 4 is 17.5 Å². The van der Waals surface area contributed by atoms with Crippen molar-refractivity contribution in [3.8, 4) is 0 Å². The number of nitrogens with one attached hydrogen (secondary N) is 1. The second-order valence-corrected chi connectivity index (χ2v) is 5.48. The van der Waals surface area contributed by atoms with Gasteiger partial charge in [-0.3, -0.25) is 19.7 Å². The third kappa shape index (κ3) is 1.77. The lowest BCUT2D eigenvalue weighted by Gasteiger charge is -2.26. The first-order valence-electron chi connectivity index (χ1n) is 7.06. The molecule has 2 aliphatic heterocycles. The molecule has 0 saturated carbocycles. The maximum absolute atomic E-state index is 12.2. The van der Waals surface area contributed by atoms with Gasteiger partial charge in [0.1, 0.15) is 17.7 Å². The van der Waals surface area contributed by atoms with E-state index in [1.165, 1.54) is 0 Å². The first kappa shape index (κ1) is 13.1. The Hall–Kier alpha value is -2.60. The van der Waals surface area contributed by atoms with Crippen LogP contribution in [-0.4, -0.2) is 17.9 Å². The molecule has 3 heterocycles. The summed E-state index contributed by atoms with van der Waals surface area (Å²) in [5, 5.41) is 3.95. The van der Waals surface area contributed by atoms with Crippen LogP contribution in [0, 0.1) is 12.8 Å². The summed E-state index contributed by atoms with van der Waals surface area (Å²) in [4.78, 5) is 29.9. The molecule has 0 bridgehead atoms. The molecular weight excluding hydrogens is 284 g/mol. The van der Waals surface area contributed by atoms with Gasteiger partial charge in [-0.25, -0.2) is 5.06 Å². The molecule has 4 rings (SSSR count). The molecule has 0 aliphatic carbocycles. The number of benzene rings is 1. The van der Waals surface area contributed by atoms with E-state index in [9.17, 15) is 9.59 Å². The monoisotopic (exact) mass is 298 g/mol. The summed E-state index contributed by atoms with van der Waals surface area (Å²) in [6.07, 6.45) is 0.732. The van der Waals surface area contributed by atoms with Crippen molar-refractivity contribution in [2.75, 3.05) is 5.06 Å². The number of aryl methyl sites for hydroxylation is 1. The molecule has 22 heavy (non-hydrogen) atoms. The molecule has 3 atom stereocenters. The van der Waals surface area contributed by atoms with Crippen LogP contribution in [0.15, 0.2) is 47.1 Å². The fourth-order valence-electron chi connectivity index (χ4n) is 3.10. The second-order valence-electron chi connectivity index (χ2n) is 5.48. The maximum atomic E-state index is 12.2. The summed E-state index contributed by atoms with van der Waals surface area (Å²) in [5.41, 5.74) is 1.81. The molecular formula is C16H14N2O4. The number of rotatable bonds is 2. The average Bonchev–Trinajstić information content (AvgIpc) is 3.19. The molecule has 1 aromatic heterocycles. The zero-order valence-electron chi connectivity index (χ0n) is 11.9. The number of imide groups is 1. The van der Waals surface area contributed by atoms with Crippen LogP contribution in [0.1, 0.15) is 17.4 Å². The number of fused-ring (bicyclic) bond motifs is 1. The van der Waals surface area contributed by atoms with Crippen LogP contribution in [0.3, 0.4) is 0 Å². The van der Waals surface area contributed by atoms with Gasteiger partial charge >= 0.3 is 0 Å². The molecule has 2 amide bonds. The van der Waals surface area contributed by atoms with Gasteiger partial charge in [-0.1, -0.05) is 18.2 Å². The Morgan fingerprint density at radius 1 is 1.09 bits per heavy atom. The molecule has 3 unspecified atom stereocenters. The van der Waals surface area contributed by atoms with Crippen molar-refractivity contribution in [2.45, 2.75) is 19.1 Å². The molecule has 112 valence electrons. The second kappa shape index (κ2) is 4.71. The topological polar surface area (TPSA) is 71.8 Å². The summed E-state index contributed by atoms with van der Waals surface area (Å²) >= 11 is 0. The number of hydroxylamine groups is 1. The molecule has 0 radical (unpaired) electrons. The van der Waals surface area contributed by atoms with Gasteiger partial charge in [0.15, 0.2) is 6.10 Å². The van der Waals surface area contributed by atoms with Crippen molar-refractivity contribution in [2.24, 2.45) is 5.92 Å². The largest absolute Gasteiger partial charge is 0.467 e. The van der Waals surface area contributed by atoms with Crippen molar-refractivity contribution in [1.82, 2.24) is 5.32 Å². The van der Waals surface area contributed by atoms with Crippen LogP contribution in [0.2, 0.25) is 0 Å². The number of furan rings is 1. The Balaban J connectivity index is 1.83. The molecule has 2 saturated heterocycles. The summed E-state index contributed by atoms with van der Waals surface area (Å²) in [6.45, 7) is 1.95. The van der Waals surface area contributed by atoms with Gasteiger partial charge in [0.05, 0.1) is 12.0 Å². The van der Waals surface area contributed by atoms with Crippen LogP contribution in [-0.2, 0) is 14.4 Å². The summed E-state index contributed by atoms with van der Waals surface area (Å²) in [5.74, 6) is -0.742. The van der Waals surface area contributed by atoms with E-state index in [0.717, 1.165) is 11.3 Å². The fourth-order valence-corrected chi connectivity index (χ4v) is 3.10. The lowest BCUT2D eigenvalue weighted by atomic mass is 9.94. The third-order valence-electron chi connectivity index (χ3n) is 4.14. The predicted octanol–water partition coefficient (Wildman–Crippen LogP) is 1.72. The smallest absolute Gasteiger partial charge is 0.259 e. The third-order valence-corrected chi connectivity index (χ3v) is 4.14. The van der Waals surface area contributed by atoms with Gasteiger partial charge in [0.2, 0.25) is 5.91 Å². The van der Waals surface area contributed by atoms with E-state index >= 15 is 0 Å². The molecule has 2 aliphatic rings. The molecule has 1 aromatic carbocycles. The quantitative estimate of drug-likeness (QED) is 0.855. The molecule has 0 spiro atoms. The van der Waals surface area contributed by atoms with E-state index in [1.807, 2.05) is 31.2 Å². The van der Waals surface area contributed by atoms with Crippen LogP contribution in [0.5, 0.6) is 0 Å². The van der Waals surface area contributed by atoms with E-state index in [0.29, 0.717) is 5.76 Å². The van der Waals surface area contributed by atoms with Crippen molar-refractivity contribution in [3.05, 3.63) is 54.0 Å². The Morgan fingerprint density at radius 3 is 2.64 bits per heavy atom. The van der Waals surface area contributed by atoms with Crippen LogP contribution in [0.25, 0.3) is 0 Å². The van der Waals surface area contributed by atoms with Crippen molar-refractivity contribution in [1.29, 1.82) is 0 Å². The average molecular weight is 298 g/mol. The van der Waals surface area contributed by atoms with Gasteiger partial charge in [0, 0.05) is 0 Å². The Morgan fingerprint density at radius 2 is 1.91 bits per heavy atom. The number of carbonyl (C=O) groups excluding carboxylic acids is 2. The highest BCUT2D eigenvalue weighted by Gasteiger charge is 2.57. The molecule has 6 heteroatoms. The number of hydrogen-bond acceptors (Lipinski definition) is 5. The summed E-state index contributed by atoms with van der Waals surface area (Å²) < 4.78 is 5.49. The highest BCUT2D eigenvalue weighted by molar-refractivity contribution is 6.07. The molecule has 2 fully saturated rings. The zero-order chi connectivity index (χ0) is 15.3. The standard InChI is InChI=1S/C16H14N2O4/c1-9-5-2-3-6-10(9)18-13(11-7-4-8-21-11)12-14(22-18)16(20)17-15(12)19/h2-8,12-14H,1H3,(H,17,19,20). The minimum absolute atomic E-state index is 0.326. The normalized spacial score (nSPS) is 27.1. The highest BCUT2D eigenvalue weighted by Crippen LogP contribution is 2.45. The predicted molar refractivity (Wildman–Crippen MR) is 76.6 cm³/mol. The first-order valence-corrected chi connectivity index (χ1v) is 7.06. The number of carbonyl (C=O) groups is 2. The maximum Gasteiger partial charge on any atom is 0.259 e. The minimum atomic E-state index is -0.817. The first-order chi connectivity index (χ1) is 10.7. The number of anilines is 1. The lowest BCUT2D eigenvalue weighted by molar-refractivity contribution is -0.129. The lowest BCUT2D eigenvalue weighted by Crippen LogP contribution is -2.33. The number of para-hydroxylation sites is 1. The fraction of sp³-hybridized carbons (Fsp3) is 0.250. The van der Waals surface area contributed by atoms with E-state index in [4.69, 9.17) is 9.25 Å². The molecule has 2 aromatic rings. The van der Waals surface area contributed by atoms with E-state index in [2.05, 4.69) is 5.32 Å². The summed E-state index contributed by atoms with van der Waals surface area (Å²) in [7, 11) is 0.